The van der Waals surface area contributed by atoms with E-state index in [0.717, 1.165) is 5.39 Å². The lowest BCUT2D eigenvalue weighted by atomic mass is 10.0. The maximum absolute atomic E-state index is 12.8. The smallest absolute Gasteiger partial charge is 0.181 e. The number of rotatable bonds is 10. The van der Waals surface area contributed by atoms with Gasteiger partial charge in [-0.2, -0.15) is 0 Å². The molecule has 3 aromatic carbocycles. The van der Waals surface area contributed by atoms with Crippen LogP contribution < -0.4 is 18.9 Å². The van der Waals surface area contributed by atoms with Gasteiger partial charge in [0.15, 0.2) is 21.3 Å². The number of pyridine rings is 1. The molecule has 0 aliphatic rings. The second kappa shape index (κ2) is 10.9. The molecule has 0 fully saturated rings. The fourth-order valence-corrected chi connectivity index (χ4v) is 4.80. The van der Waals surface area contributed by atoms with E-state index in [9.17, 15) is 8.42 Å². The number of aromatic nitrogens is 1. The molecule has 7 nitrogen and oxygen atoms in total. The summed E-state index contributed by atoms with van der Waals surface area (Å²) in [5, 5.41) is 0.741. The van der Waals surface area contributed by atoms with Crippen LogP contribution >= 0.6 is 0 Å². The minimum Gasteiger partial charge on any atom is -0.493 e. The third-order valence-electron chi connectivity index (χ3n) is 5.79. The van der Waals surface area contributed by atoms with Crippen molar-refractivity contribution in [2.75, 3.05) is 26.6 Å². The van der Waals surface area contributed by atoms with Gasteiger partial charge >= 0.3 is 0 Å². The molecular weight excluding hydrogens is 478 g/mol. The molecule has 0 amide bonds. The van der Waals surface area contributed by atoms with Crippen molar-refractivity contribution in [1.29, 1.82) is 0 Å². The fourth-order valence-electron chi connectivity index (χ4n) is 3.71. The zero-order valence-corrected chi connectivity index (χ0v) is 21.5. The van der Waals surface area contributed by atoms with Crippen LogP contribution in [0.5, 0.6) is 28.7 Å². The minimum atomic E-state index is -3.51. The van der Waals surface area contributed by atoms with E-state index in [1.165, 1.54) is 17.7 Å². The molecule has 0 unspecified atom stereocenters. The molecule has 1 aromatic heterocycles. The normalized spacial score (nSPS) is 11.5. The van der Waals surface area contributed by atoms with Gasteiger partial charge in [0.05, 0.1) is 30.4 Å². The molecule has 0 aliphatic heterocycles. The van der Waals surface area contributed by atoms with Crippen molar-refractivity contribution in [3.8, 4) is 28.7 Å². The Kier molecular flexibility index (Phi) is 7.64. The summed E-state index contributed by atoms with van der Waals surface area (Å²) in [5.41, 5.74) is 1.89. The first-order valence-electron chi connectivity index (χ1n) is 11.5. The third kappa shape index (κ3) is 5.71. The molecule has 0 N–H and O–H groups in total. The lowest BCUT2D eigenvalue weighted by molar-refractivity contribution is 0.340. The molecule has 188 valence electrons. The predicted octanol–water partition coefficient (Wildman–Crippen LogP) is 6.02. The maximum Gasteiger partial charge on any atom is 0.181 e. The molecular formula is C28H29NO6S. The van der Waals surface area contributed by atoms with Crippen LogP contribution in [0.1, 0.15) is 25.3 Å². The number of sulfone groups is 1. The third-order valence-corrected chi connectivity index (χ3v) is 7.48. The van der Waals surface area contributed by atoms with Gasteiger partial charge < -0.3 is 18.9 Å². The van der Waals surface area contributed by atoms with Crippen molar-refractivity contribution >= 4 is 20.7 Å². The van der Waals surface area contributed by atoms with E-state index in [1.54, 1.807) is 50.7 Å². The van der Waals surface area contributed by atoms with Gasteiger partial charge in [-0.3, -0.25) is 4.98 Å². The summed E-state index contributed by atoms with van der Waals surface area (Å²) in [6, 6.07) is 19.4. The highest BCUT2D eigenvalue weighted by atomic mass is 32.2. The molecule has 0 atom stereocenters. The van der Waals surface area contributed by atoms with Crippen LogP contribution in [0.15, 0.2) is 77.8 Å². The Morgan fingerprint density at radius 2 is 1.44 bits per heavy atom. The summed E-state index contributed by atoms with van der Waals surface area (Å²) >= 11 is 0. The van der Waals surface area contributed by atoms with Gasteiger partial charge in [-0.1, -0.05) is 26.0 Å². The van der Waals surface area contributed by atoms with Crippen LogP contribution in [0, 0.1) is 0 Å². The van der Waals surface area contributed by atoms with E-state index in [1.807, 2.05) is 24.3 Å². The fraction of sp³-hybridized carbons (Fsp3) is 0.250. The Balaban J connectivity index is 1.43. The van der Waals surface area contributed by atoms with Gasteiger partial charge in [0.2, 0.25) is 0 Å². The summed E-state index contributed by atoms with van der Waals surface area (Å²) in [4.78, 5) is 4.58. The van der Waals surface area contributed by atoms with Gasteiger partial charge in [-0.25, -0.2) is 8.42 Å². The average Bonchev–Trinajstić information content (AvgIpc) is 2.88. The standard InChI is InChI=1S/C28H29NO6S/c1-19(2)20-5-7-21(8-6-20)34-15-16-36(30,31)23-11-9-22(10-12-23)35-26-13-14-29-25-18-28(33-4)27(32-3)17-24(25)26/h5-14,17-19H,15-16H2,1-4H3. The van der Waals surface area contributed by atoms with E-state index < -0.39 is 9.84 Å². The first kappa shape index (κ1) is 25.3. The minimum absolute atomic E-state index is 0.0654. The van der Waals surface area contributed by atoms with Crippen molar-refractivity contribution in [2.24, 2.45) is 0 Å². The molecule has 0 radical (unpaired) electrons. The number of ether oxygens (including phenoxy) is 4. The molecule has 1 heterocycles. The maximum atomic E-state index is 12.8. The van der Waals surface area contributed by atoms with Gasteiger partial charge in [0.25, 0.3) is 0 Å². The first-order valence-corrected chi connectivity index (χ1v) is 13.2. The van der Waals surface area contributed by atoms with Crippen LogP contribution in [0.4, 0.5) is 0 Å². The largest absolute Gasteiger partial charge is 0.493 e. The summed E-state index contributed by atoms with van der Waals surface area (Å²) in [6.45, 7) is 4.30. The van der Waals surface area contributed by atoms with Crippen LogP contribution in [0.25, 0.3) is 10.9 Å². The van der Waals surface area contributed by atoms with Crippen molar-refractivity contribution in [1.82, 2.24) is 4.98 Å². The van der Waals surface area contributed by atoms with Crippen molar-refractivity contribution in [3.05, 3.63) is 78.5 Å². The summed E-state index contributed by atoms with van der Waals surface area (Å²) in [5.74, 6) is 3.14. The molecule has 0 aliphatic carbocycles. The Hall–Kier alpha value is -3.78. The second-order valence-electron chi connectivity index (χ2n) is 8.50. The van der Waals surface area contributed by atoms with Crippen LogP contribution in [0.2, 0.25) is 0 Å². The Bertz CT molecular complexity index is 1430. The Labute approximate surface area is 211 Å². The van der Waals surface area contributed by atoms with Gasteiger partial charge in [-0.05, 0) is 60.0 Å². The molecule has 0 saturated carbocycles. The summed E-state index contributed by atoms with van der Waals surface area (Å²) in [6.07, 6.45) is 1.64. The van der Waals surface area contributed by atoms with E-state index in [-0.39, 0.29) is 17.3 Å². The molecule has 0 spiro atoms. The van der Waals surface area contributed by atoms with Crippen molar-refractivity contribution in [2.45, 2.75) is 24.7 Å². The second-order valence-corrected chi connectivity index (χ2v) is 10.6. The first-order chi connectivity index (χ1) is 17.3. The van der Waals surface area contributed by atoms with E-state index in [0.29, 0.717) is 40.2 Å². The molecule has 36 heavy (non-hydrogen) atoms. The number of nitrogens with zero attached hydrogens (tertiary/aromatic N) is 1. The topological polar surface area (TPSA) is 84.0 Å². The van der Waals surface area contributed by atoms with Gasteiger partial charge in [0.1, 0.15) is 23.9 Å². The monoisotopic (exact) mass is 507 g/mol. The van der Waals surface area contributed by atoms with Crippen molar-refractivity contribution in [3.63, 3.8) is 0 Å². The molecule has 0 bridgehead atoms. The predicted molar refractivity (Wildman–Crippen MR) is 139 cm³/mol. The van der Waals surface area contributed by atoms with E-state index in [2.05, 4.69) is 18.8 Å². The zero-order valence-electron chi connectivity index (χ0n) is 20.7. The zero-order chi connectivity index (χ0) is 25.7. The average molecular weight is 508 g/mol. The van der Waals surface area contributed by atoms with Crippen LogP contribution in [0.3, 0.4) is 0 Å². The highest BCUT2D eigenvalue weighted by molar-refractivity contribution is 7.91. The molecule has 8 heteroatoms. The number of fused-ring (bicyclic) bond motifs is 1. The lowest BCUT2D eigenvalue weighted by Gasteiger charge is -2.13. The van der Waals surface area contributed by atoms with Crippen LogP contribution in [-0.2, 0) is 9.84 Å². The number of methoxy groups -OCH3 is 2. The lowest BCUT2D eigenvalue weighted by Crippen LogP contribution is -2.14. The van der Waals surface area contributed by atoms with E-state index >= 15 is 0 Å². The van der Waals surface area contributed by atoms with Crippen molar-refractivity contribution < 1.29 is 27.4 Å². The summed E-state index contributed by atoms with van der Waals surface area (Å²) < 4.78 is 48.0. The number of hydrogen-bond donors (Lipinski definition) is 0. The van der Waals surface area contributed by atoms with Gasteiger partial charge in [0, 0.05) is 17.6 Å². The summed E-state index contributed by atoms with van der Waals surface area (Å²) in [7, 11) is -0.386. The SMILES string of the molecule is COc1cc2nccc(Oc3ccc(S(=O)(=O)CCOc4ccc(C(C)C)cc4)cc3)c2cc1OC. The van der Waals surface area contributed by atoms with E-state index in [4.69, 9.17) is 18.9 Å². The molecule has 4 aromatic rings. The highest BCUT2D eigenvalue weighted by Gasteiger charge is 2.16. The van der Waals surface area contributed by atoms with Gasteiger partial charge in [-0.15, -0.1) is 0 Å². The quantitative estimate of drug-likeness (QED) is 0.259. The highest BCUT2D eigenvalue weighted by Crippen LogP contribution is 2.37. The molecule has 0 saturated heterocycles. The number of benzene rings is 3. The Morgan fingerprint density at radius 3 is 2.08 bits per heavy atom. The number of hydrogen-bond acceptors (Lipinski definition) is 7. The molecule has 4 rings (SSSR count). The Morgan fingerprint density at radius 1 is 0.806 bits per heavy atom. The van der Waals surface area contributed by atoms with Crippen LogP contribution in [-0.4, -0.2) is 40.0 Å².